The highest BCUT2D eigenvalue weighted by Gasteiger charge is 2.53. The largest absolute Gasteiger partial charge is 0.416 e. The minimum atomic E-state index is -4.39. The van der Waals surface area contributed by atoms with Gasteiger partial charge in [0.05, 0.1) is 11.1 Å². The number of hydrogen-bond acceptors (Lipinski definition) is 1. The van der Waals surface area contributed by atoms with Crippen LogP contribution in [0, 0.1) is 0 Å². The first-order valence-corrected chi connectivity index (χ1v) is 7.54. The first-order chi connectivity index (χ1) is 10.9. The molecule has 23 heavy (non-hydrogen) atoms. The number of benzene rings is 2. The van der Waals surface area contributed by atoms with E-state index in [0.717, 1.165) is 18.1 Å². The van der Waals surface area contributed by atoms with E-state index in [9.17, 15) is 18.0 Å². The Hall–Kier alpha value is -2.30. The molecule has 5 heteroatoms. The molecule has 2 aliphatic heterocycles. The fourth-order valence-corrected chi connectivity index (χ4v) is 3.96. The van der Waals surface area contributed by atoms with Gasteiger partial charge in [-0.25, -0.2) is 0 Å². The van der Waals surface area contributed by atoms with Crippen LogP contribution in [-0.2, 0) is 11.7 Å². The molecule has 2 aromatic carbocycles. The van der Waals surface area contributed by atoms with Gasteiger partial charge >= 0.3 is 6.18 Å². The summed E-state index contributed by atoms with van der Waals surface area (Å²) in [7, 11) is 0. The highest BCUT2D eigenvalue weighted by Crippen LogP contribution is 2.51. The van der Waals surface area contributed by atoms with Crippen LogP contribution in [0.25, 0.3) is 0 Å². The number of nitrogens with zero attached hydrogens (tertiary/aromatic N) is 1. The van der Waals surface area contributed by atoms with E-state index in [1.165, 1.54) is 12.1 Å². The Kier molecular flexibility index (Phi) is 2.86. The minimum absolute atomic E-state index is 0.0875. The minimum Gasteiger partial charge on any atom is -0.325 e. The first kappa shape index (κ1) is 14.3. The summed E-state index contributed by atoms with van der Waals surface area (Å²) < 4.78 is 39.3. The molecule has 1 saturated heterocycles. The number of halogens is 3. The van der Waals surface area contributed by atoms with Crippen molar-refractivity contribution in [3.63, 3.8) is 0 Å². The highest BCUT2D eigenvalue weighted by atomic mass is 19.4. The predicted octanol–water partition coefficient (Wildman–Crippen LogP) is 4.20. The van der Waals surface area contributed by atoms with Crippen LogP contribution < -0.4 is 0 Å². The number of amides is 1. The summed E-state index contributed by atoms with van der Waals surface area (Å²) >= 11 is 0. The number of fused-ring (bicyclic) bond motifs is 3. The Balaban J connectivity index is 1.95. The van der Waals surface area contributed by atoms with Crippen molar-refractivity contribution in [1.29, 1.82) is 0 Å². The lowest BCUT2D eigenvalue weighted by Gasteiger charge is -2.34. The molecule has 0 saturated carbocycles. The summed E-state index contributed by atoms with van der Waals surface area (Å²) in [5.41, 5.74) is 0.539. The van der Waals surface area contributed by atoms with Crippen LogP contribution in [0.3, 0.4) is 0 Å². The lowest BCUT2D eigenvalue weighted by Crippen LogP contribution is -2.39. The van der Waals surface area contributed by atoms with Crippen molar-refractivity contribution in [2.24, 2.45) is 0 Å². The van der Waals surface area contributed by atoms with E-state index in [0.29, 0.717) is 24.1 Å². The average molecular weight is 317 g/mol. The summed E-state index contributed by atoms with van der Waals surface area (Å²) in [6, 6.07) is 12.6. The van der Waals surface area contributed by atoms with Gasteiger partial charge in [0.25, 0.3) is 5.91 Å². The van der Waals surface area contributed by atoms with Crippen molar-refractivity contribution in [1.82, 2.24) is 4.90 Å². The molecule has 1 atom stereocenters. The first-order valence-electron chi connectivity index (χ1n) is 7.54. The van der Waals surface area contributed by atoms with Crippen molar-refractivity contribution in [3.05, 3.63) is 70.8 Å². The van der Waals surface area contributed by atoms with Gasteiger partial charge in [0.15, 0.2) is 0 Å². The Morgan fingerprint density at radius 3 is 2.61 bits per heavy atom. The normalized spacial score (nSPS) is 23.1. The number of hydrogen-bond donors (Lipinski definition) is 0. The van der Waals surface area contributed by atoms with Crippen LogP contribution in [0.2, 0.25) is 0 Å². The van der Waals surface area contributed by atoms with Gasteiger partial charge in [0.2, 0.25) is 0 Å². The van der Waals surface area contributed by atoms with E-state index < -0.39 is 17.3 Å². The SMILES string of the molecule is O=C1c2ccccc2C2(c3cccc(C(F)(F)F)c3)CCCN12. The van der Waals surface area contributed by atoms with Crippen LogP contribution in [0.15, 0.2) is 48.5 Å². The zero-order valence-corrected chi connectivity index (χ0v) is 12.2. The van der Waals surface area contributed by atoms with E-state index in [-0.39, 0.29) is 5.91 Å². The van der Waals surface area contributed by atoms with Gasteiger partial charge in [-0.1, -0.05) is 30.3 Å². The summed E-state index contributed by atoms with van der Waals surface area (Å²) in [5, 5.41) is 0. The molecule has 0 aromatic heterocycles. The zero-order valence-electron chi connectivity index (χ0n) is 12.2. The quantitative estimate of drug-likeness (QED) is 0.772. The molecule has 2 aromatic rings. The molecule has 0 radical (unpaired) electrons. The summed E-state index contributed by atoms with van der Waals surface area (Å²) in [6.07, 6.45) is -2.95. The third-order valence-corrected chi connectivity index (χ3v) is 4.90. The van der Waals surface area contributed by atoms with Crippen molar-refractivity contribution in [2.45, 2.75) is 24.6 Å². The van der Waals surface area contributed by atoms with E-state index >= 15 is 0 Å². The Morgan fingerprint density at radius 2 is 1.83 bits per heavy atom. The van der Waals surface area contributed by atoms with Gasteiger partial charge in [0, 0.05) is 12.1 Å². The number of alkyl halides is 3. The number of carbonyl (C=O) groups is 1. The summed E-state index contributed by atoms with van der Waals surface area (Å²) in [5.74, 6) is -0.0875. The monoisotopic (exact) mass is 317 g/mol. The van der Waals surface area contributed by atoms with Crippen LogP contribution in [0.4, 0.5) is 13.2 Å². The Bertz CT molecular complexity index is 799. The van der Waals surface area contributed by atoms with E-state index in [1.807, 2.05) is 12.1 Å². The van der Waals surface area contributed by atoms with Gasteiger partial charge < -0.3 is 4.90 Å². The highest BCUT2D eigenvalue weighted by molar-refractivity contribution is 6.01. The molecule has 118 valence electrons. The summed E-state index contributed by atoms with van der Waals surface area (Å²) in [4.78, 5) is 14.4. The number of rotatable bonds is 1. The van der Waals surface area contributed by atoms with Crippen LogP contribution in [0.5, 0.6) is 0 Å². The maximum Gasteiger partial charge on any atom is 0.416 e. The van der Waals surface area contributed by atoms with Crippen molar-refractivity contribution < 1.29 is 18.0 Å². The standard InChI is InChI=1S/C18H14F3NO/c19-18(20,21)13-6-3-5-12(11-13)17-9-4-10-22(17)16(23)14-7-1-2-8-15(14)17/h1-3,5-8,11H,4,9-10H2. The molecule has 2 heterocycles. The van der Waals surface area contributed by atoms with E-state index in [1.54, 1.807) is 23.1 Å². The number of carbonyl (C=O) groups excluding carboxylic acids is 1. The molecule has 1 unspecified atom stereocenters. The predicted molar refractivity (Wildman–Crippen MR) is 78.9 cm³/mol. The Morgan fingerprint density at radius 1 is 1.04 bits per heavy atom. The molecule has 2 aliphatic rings. The second-order valence-corrected chi connectivity index (χ2v) is 6.04. The molecular formula is C18H14F3NO. The van der Waals surface area contributed by atoms with Gasteiger partial charge in [-0.2, -0.15) is 13.2 Å². The lowest BCUT2D eigenvalue weighted by atomic mass is 9.81. The fourth-order valence-electron chi connectivity index (χ4n) is 3.96. The van der Waals surface area contributed by atoms with Gasteiger partial charge in [-0.15, -0.1) is 0 Å². The van der Waals surface area contributed by atoms with Crippen molar-refractivity contribution in [3.8, 4) is 0 Å². The second-order valence-electron chi connectivity index (χ2n) is 6.04. The third kappa shape index (κ3) is 1.85. The third-order valence-electron chi connectivity index (χ3n) is 4.90. The maximum absolute atomic E-state index is 13.1. The van der Waals surface area contributed by atoms with E-state index in [4.69, 9.17) is 0 Å². The van der Waals surface area contributed by atoms with Gasteiger partial charge in [-0.3, -0.25) is 4.79 Å². The summed E-state index contributed by atoms with van der Waals surface area (Å²) in [6.45, 7) is 0.573. The van der Waals surface area contributed by atoms with Gasteiger partial charge in [-0.05, 0) is 42.2 Å². The lowest BCUT2D eigenvalue weighted by molar-refractivity contribution is -0.137. The van der Waals surface area contributed by atoms with Crippen LogP contribution in [0.1, 0.15) is 39.9 Å². The average Bonchev–Trinajstić information content (AvgIpc) is 3.07. The molecule has 2 nitrogen and oxygen atoms in total. The molecule has 1 fully saturated rings. The van der Waals surface area contributed by atoms with Crippen molar-refractivity contribution in [2.75, 3.05) is 6.54 Å². The molecule has 4 rings (SSSR count). The smallest absolute Gasteiger partial charge is 0.325 e. The molecule has 0 bridgehead atoms. The van der Waals surface area contributed by atoms with Crippen molar-refractivity contribution >= 4 is 5.91 Å². The Labute approximate surface area is 131 Å². The molecule has 0 N–H and O–H groups in total. The molecule has 0 aliphatic carbocycles. The molecule has 1 amide bonds. The van der Waals surface area contributed by atoms with Crippen LogP contribution >= 0.6 is 0 Å². The maximum atomic E-state index is 13.1. The molecule has 0 spiro atoms. The van der Waals surface area contributed by atoms with E-state index in [2.05, 4.69) is 0 Å². The second kappa shape index (κ2) is 4.60. The zero-order chi connectivity index (χ0) is 16.2. The fraction of sp³-hybridized carbons (Fsp3) is 0.278. The van der Waals surface area contributed by atoms with Crippen LogP contribution in [-0.4, -0.2) is 17.4 Å². The van der Waals surface area contributed by atoms with Gasteiger partial charge in [0.1, 0.15) is 0 Å². The molecular weight excluding hydrogens is 303 g/mol. The topological polar surface area (TPSA) is 20.3 Å².